The second-order valence-electron chi connectivity index (χ2n) is 2.29. The summed E-state index contributed by atoms with van der Waals surface area (Å²) in [5, 5.41) is 0. The third kappa shape index (κ3) is 8.43. The molecule has 0 heterocycles. The molecule has 90 valence electrons. The molecule has 0 aliphatic rings. The second kappa shape index (κ2) is 7.69. The Labute approximate surface area is 93.3 Å². The molecule has 0 aromatic heterocycles. The molecule has 0 aromatic carbocycles. The van der Waals surface area contributed by atoms with Crippen LogP contribution in [0.3, 0.4) is 0 Å². The van der Waals surface area contributed by atoms with Crippen LogP contribution in [0.1, 0.15) is 0 Å². The van der Waals surface area contributed by atoms with E-state index in [1.54, 1.807) is 4.72 Å². The van der Waals surface area contributed by atoms with Gasteiger partial charge in [0.05, 0.1) is 20.3 Å². The monoisotopic (exact) mass is 260 g/mol. The Balaban J connectivity index is 3.70. The number of rotatable bonds is 7. The highest BCUT2D eigenvalue weighted by atomic mass is 35.5. The maximum absolute atomic E-state index is 11.0. The number of carbonyl (C=O) groups is 1. The van der Waals surface area contributed by atoms with Crippen LogP contribution in [0, 0.1) is 0 Å². The van der Waals surface area contributed by atoms with Gasteiger partial charge in [-0.3, -0.25) is 0 Å². The highest BCUT2D eigenvalue weighted by Crippen LogP contribution is 1.81. The fourth-order valence-corrected chi connectivity index (χ4v) is 1.43. The van der Waals surface area contributed by atoms with E-state index < -0.39 is 16.3 Å². The summed E-state index contributed by atoms with van der Waals surface area (Å²) in [7, 11) is -2.80. The summed E-state index contributed by atoms with van der Waals surface area (Å²) < 4.78 is 34.8. The number of halogens is 1. The average Bonchev–Trinajstić information content (AvgIpc) is 2.16. The van der Waals surface area contributed by atoms with Gasteiger partial charge in [-0.25, -0.2) is 9.52 Å². The minimum atomic E-state index is -3.87. The molecule has 2 N–H and O–H groups in total. The molecule has 15 heavy (non-hydrogen) atoms. The Hall–Kier alpha value is -0.570. The van der Waals surface area contributed by atoms with Gasteiger partial charge in [0, 0.05) is 12.4 Å². The van der Waals surface area contributed by atoms with Crippen molar-refractivity contribution in [1.82, 2.24) is 9.44 Å². The fraction of sp³-hybridized carbons (Fsp3) is 0.833. The van der Waals surface area contributed by atoms with Crippen LogP contribution in [0.25, 0.3) is 0 Å². The molecule has 0 aromatic rings. The smallest absolute Gasteiger partial charge is 0.421 e. The lowest BCUT2D eigenvalue weighted by molar-refractivity contribution is 0.154. The molecule has 0 fully saturated rings. The van der Waals surface area contributed by atoms with Gasteiger partial charge in [0.1, 0.15) is 0 Å². The first-order valence-electron chi connectivity index (χ1n) is 4.01. The minimum Gasteiger partial charge on any atom is -0.452 e. The van der Waals surface area contributed by atoms with Crippen LogP contribution in [0.2, 0.25) is 0 Å². The van der Waals surface area contributed by atoms with Gasteiger partial charge in [-0.05, 0) is 0 Å². The number of methoxy groups -OCH3 is 1. The van der Waals surface area contributed by atoms with E-state index in [0.29, 0.717) is 12.5 Å². The number of hydrogen-bond acceptors (Lipinski definition) is 5. The first kappa shape index (κ1) is 14.4. The van der Waals surface area contributed by atoms with Crippen molar-refractivity contribution in [3.8, 4) is 0 Å². The average molecular weight is 261 g/mol. The van der Waals surface area contributed by atoms with E-state index in [4.69, 9.17) is 16.3 Å². The van der Waals surface area contributed by atoms with Gasteiger partial charge < -0.3 is 9.47 Å². The zero-order valence-corrected chi connectivity index (χ0v) is 9.73. The lowest BCUT2D eigenvalue weighted by Gasteiger charge is -2.07. The van der Waals surface area contributed by atoms with E-state index in [1.807, 2.05) is 0 Å². The summed E-state index contributed by atoms with van der Waals surface area (Å²) in [4.78, 5) is 10.6. The van der Waals surface area contributed by atoms with Crippen LogP contribution in [-0.4, -0.2) is 47.3 Å². The molecule has 0 aliphatic heterocycles. The molecule has 0 spiro atoms. The molecule has 0 saturated heterocycles. The zero-order chi connectivity index (χ0) is 11.7. The molecule has 0 saturated carbocycles. The Morgan fingerprint density at radius 1 is 1.40 bits per heavy atom. The highest BCUT2D eigenvalue weighted by Gasteiger charge is 2.12. The normalized spacial score (nSPS) is 11.1. The summed E-state index contributed by atoms with van der Waals surface area (Å²) in [6.45, 7) is 0.561. The standard InChI is InChI=1S/C6H13ClN2O5S/c1-13-6(10)9-15(11,12)8-3-5-14-4-2-7/h8H,2-5H2,1H3,(H,9,10). The number of ether oxygens (including phenoxy) is 2. The van der Waals surface area contributed by atoms with E-state index in [1.165, 1.54) is 0 Å². The van der Waals surface area contributed by atoms with E-state index in [0.717, 1.165) is 7.11 Å². The van der Waals surface area contributed by atoms with E-state index >= 15 is 0 Å². The molecule has 0 bridgehead atoms. The highest BCUT2D eigenvalue weighted by molar-refractivity contribution is 7.88. The van der Waals surface area contributed by atoms with Crippen LogP contribution in [0.4, 0.5) is 4.79 Å². The zero-order valence-electron chi connectivity index (χ0n) is 8.16. The van der Waals surface area contributed by atoms with Crippen molar-refractivity contribution in [2.75, 3.05) is 32.7 Å². The first-order chi connectivity index (χ1) is 7.02. The van der Waals surface area contributed by atoms with Gasteiger partial charge in [-0.1, -0.05) is 0 Å². The summed E-state index contributed by atoms with van der Waals surface area (Å²) in [6.07, 6.45) is -1.05. The molecule has 0 radical (unpaired) electrons. The van der Waals surface area contributed by atoms with Crippen molar-refractivity contribution in [2.24, 2.45) is 0 Å². The van der Waals surface area contributed by atoms with Crippen molar-refractivity contribution in [3.63, 3.8) is 0 Å². The van der Waals surface area contributed by atoms with Gasteiger partial charge >= 0.3 is 16.3 Å². The molecule has 0 unspecified atom stereocenters. The first-order valence-corrected chi connectivity index (χ1v) is 6.02. The van der Waals surface area contributed by atoms with Crippen molar-refractivity contribution in [2.45, 2.75) is 0 Å². The SMILES string of the molecule is COC(=O)NS(=O)(=O)NCCOCCCl. The van der Waals surface area contributed by atoms with Crippen LogP contribution >= 0.6 is 11.6 Å². The maximum Gasteiger partial charge on any atom is 0.421 e. The van der Waals surface area contributed by atoms with Crippen molar-refractivity contribution >= 4 is 27.9 Å². The Morgan fingerprint density at radius 2 is 2.07 bits per heavy atom. The summed E-state index contributed by atoms with van der Waals surface area (Å²) in [5.41, 5.74) is 0. The molecule has 0 aliphatic carbocycles. The lowest BCUT2D eigenvalue weighted by atomic mass is 10.7. The molecular weight excluding hydrogens is 248 g/mol. The number of amides is 1. The Kier molecular flexibility index (Phi) is 7.39. The minimum absolute atomic E-state index is 0.0449. The molecule has 9 heteroatoms. The molecule has 7 nitrogen and oxygen atoms in total. The van der Waals surface area contributed by atoms with Gasteiger partial charge in [0.15, 0.2) is 0 Å². The summed E-state index contributed by atoms with van der Waals surface area (Å²) in [5.74, 6) is 0.340. The third-order valence-corrected chi connectivity index (χ3v) is 2.34. The lowest BCUT2D eigenvalue weighted by Crippen LogP contribution is -2.41. The Morgan fingerprint density at radius 3 is 2.60 bits per heavy atom. The number of carbonyl (C=O) groups excluding carboxylic acids is 1. The van der Waals surface area contributed by atoms with E-state index in [9.17, 15) is 13.2 Å². The Bertz CT molecular complexity index is 281. The predicted molar refractivity (Wildman–Crippen MR) is 54.0 cm³/mol. The van der Waals surface area contributed by atoms with Crippen LogP contribution in [0.5, 0.6) is 0 Å². The predicted octanol–water partition coefficient (Wildman–Crippen LogP) is -0.568. The molecular formula is C6H13ClN2O5S. The summed E-state index contributed by atoms with van der Waals surface area (Å²) in [6, 6.07) is 0. The van der Waals surface area contributed by atoms with Crippen LogP contribution < -0.4 is 9.44 Å². The molecule has 0 rings (SSSR count). The van der Waals surface area contributed by atoms with Crippen molar-refractivity contribution < 1.29 is 22.7 Å². The van der Waals surface area contributed by atoms with Crippen LogP contribution in [0.15, 0.2) is 0 Å². The van der Waals surface area contributed by atoms with E-state index in [-0.39, 0.29) is 13.2 Å². The van der Waals surface area contributed by atoms with E-state index in [2.05, 4.69) is 9.46 Å². The largest absolute Gasteiger partial charge is 0.452 e. The van der Waals surface area contributed by atoms with Crippen molar-refractivity contribution in [1.29, 1.82) is 0 Å². The quantitative estimate of drug-likeness (QED) is 0.472. The van der Waals surface area contributed by atoms with Crippen molar-refractivity contribution in [3.05, 3.63) is 0 Å². The topological polar surface area (TPSA) is 93.7 Å². The molecule has 0 atom stereocenters. The number of hydrogen-bond donors (Lipinski definition) is 2. The molecule has 1 amide bonds. The summed E-state index contributed by atoms with van der Waals surface area (Å²) >= 11 is 5.32. The maximum atomic E-state index is 11.0. The van der Waals surface area contributed by atoms with Crippen LogP contribution in [-0.2, 0) is 19.7 Å². The number of nitrogens with one attached hydrogen (secondary N) is 2. The van der Waals surface area contributed by atoms with Gasteiger partial charge in [-0.15, -0.1) is 11.6 Å². The number of alkyl halides is 1. The third-order valence-electron chi connectivity index (χ3n) is 1.16. The second-order valence-corrected chi connectivity index (χ2v) is 4.17. The van der Waals surface area contributed by atoms with Gasteiger partial charge in [0.25, 0.3) is 0 Å². The van der Waals surface area contributed by atoms with Gasteiger partial charge in [0.2, 0.25) is 0 Å². The fourth-order valence-electron chi connectivity index (χ4n) is 0.592. The van der Waals surface area contributed by atoms with Gasteiger partial charge in [-0.2, -0.15) is 13.1 Å².